The molecule has 2 radical (unpaired) electrons. The van der Waals surface area contributed by atoms with Crippen LogP contribution in [-0.2, 0) is 35.9 Å². The number of ether oxygens (including phenoxy) is 2. The highest BCUT2D eigenvalue weighted by Crippen LogP contribution is 2.47. The van der Waals surface area contributed by atoms with Crippen LogP contribution < -0.4 is 10.4 Å². The van der Waals surface area contributed by atoms with Gasteiger partial charge in [-0.3, -0.25) is 5.32 Å². The first-order valence-electron chi connectivity index (χ1n) is 15.0. The number of aliphatic hydroxyl groups excluding tert-OH is 1. The van der Waals surface area contributed by atoms with Crippen LogP contribution in [0.25, 0.3) is 0 Å². The molecule has 3 N–H and O–H groups in total. The molecule has 3 aromatic carbocycles. The fraction of sp³-hybridized carbons (Fsp3) is 0.424. The highest BCUT2D eigenvalue weighted by atomic mass is 32.5. The number of benzene rings is 3. The van der Waals surface area contributed by atoms with Crippen LogP contribution in [0.1, 0.15) is 42.9 Å². The van der Waals surface area contributed by atoms with E-state index in [1.807, 2.05) is 18.2 Å². The summed E-state index contributed by atoms with van der Waals surface area (Å²) in [7, 11) is 5.99. The molecule has 2 aliphatic rings. The lowest BCUT2D eigenvalue weighted by Crippen LogP contribution is -2.53. The summed E-state index contributed by atoms with van der Waals surface area (Å²) in [6.45, 7) is -0.993. The van der Waals surface area contributed by atoms with Crippen molar-refractivity contribution in [2.24, 2.45) is 0 Å². The van der Waals surface area contributed by atoms with Gasteiger partial charge in [0.25, 0.3) is 6.64 Å². The Kier molecular flexibility index (Phi) is 11.4. The summed E-state index contributed by atoms with van der Waals surface area (Å²) < 4.78 is 24.5. The van der Waals surface area contributed by atoms with E-state index in [0.29, 0.717) is 6.42 Å². The first-order valence-corrected chi connectivity index (χ1v) is 17.7. The Hall–Kier alpha value is -2.42. The molecule has 8 nitrogen and oxygen atoms in total. The van der Waals surface area contributed by atoms with Gasteiger partial charge in [-0.05, 0) is 48.3 Å². The lowest BCUT2D eigenvalue weighted by molar-refractivity contribution is 0.0140. The molecule has 0 aromatic heterocycles. The lowest BCUT2D eigenvalue weighted by atomic mass is 9.76. The molecule has 0 saturated carbocycles. The minimum atomic E-state index is -3.12. The van der Waals surface area contributed by atoms with Gasteiger partial charge in [-0.15, -0.1) is 0 Å². The van der Waals surface area contributed by atoms with Crippen molar-refractivity contribution in [2.75, 3.05) is 19.8 Å². The maximum absolute atomic E-state index is 9.83. The second-order valence-electron chi connectivity index (χ2n) is 11.2. The molecule has 7 atom stereocenters. The Morgan fingerprint density at radius 2 is 1.48 bits per heavy atom. The van der Waals surface area contributed by atoms with Crippen molar-refractivity contribution in [1.29, 1.82) is 5.26 Å². The molecule has 2 aliphatic heterocycles. The monoisotopic (exact) mass is 631 g/mol. The molecule has 5 rings (SSSR count). The minimum Gasteiger partial charge on any atom is -0.394 e. The number of rotatable bonds is 14. The molecular weight excluding hydrogens is 592 g/mol. The molecule has 11 heteroatoms. The van der Waals surface area contributed by atoms with Crippen LogP contribution in [0.15, 0.2) is 91.0 Å². The van der Waals surface area contributed by atoms with Gasteiger partial charge in [-0.1, -0.05) is 91.0 Å². The summed E-state index contributed by atoms with van der Waals surface area (Å²) in [5.41, 5.74) is 2.65. The van der Waals surface area contributed by atoms with E-state index in [9.17, 15) is 5.11 Å². The normalized spacial score (nSPS) is 26.7. The zero-order chi connectivity index (χ0) is 31.0. The molecule has 2 fully saturated rings. The minimum absolute atomic E-state index is 0.0218. The Balaban J connectivity index is 1.44. The Bertz CT molecular complexity index is 1320. The summed E-state index contributed by atoms with van der Waals surface area (Å²) in [6.07, 6.45) is 0.472. The average Bonchev–Trinajstić information content (AvgIpc) is 3.59. The van der Waals surface area contributed by atoms with E-state index < -0.39 is 24.3 Å². The van der Waals surface area contributed by atoms with E-state index in [1.54, 1.807) is 0 Å². The topological polar surface area (TPSA) is 105 Å². The van der Waals surface area contributed by atoms with Crippen LogP contribution in [0.2, 0.25) is 0 Å². The molecule has 0 amide bonds. The second kappa shape index (κ2) is 15.2. The van der Waals surface area contributed by atoms with Gasteiger partial charge in [0.2, 0.25) is 0 Å². The van der Waals surface area contributed by atoms with E-state index in [0.717, 1.165) is 23.1 Å². The third kappa shape index (κ3) is 7.68. The van der Waals surface area contributed by atoms with Crippen molar-refractivity contribution in [3.8, 4) is 6.07 Å². The SMILES string of the molecule is [B][C@H]1C[C@@H](NP(=S)(OCCC#N)OC[C@H]2O[C@@H](C)C[C@H]2NC(c2ccccc2)(c2ccccc2)c2ccccc2)[C@@H](CO)O1. The summed E-state index contributed by atoms with van der Waals surface area (Å²) in [6, 6.07) is 32.4. The molecule has 0 bridgehead atoms. The van der Waals surface area contributed by atoms with Crippen molar-refractivity contribution in [3.05, 3.63) is 108 Å². The van der Waals surface area contributed by atoms with Crippen LogP contribution in [0.5, 0.6) is 0 Å². The first-order chi connectivity index (χ1) is 21.4. The standard InChI is InChI=1S/C33H39BN3O5PS/c1-24-20-28(31(41-24)23-40-43(44,39-19-11-18-35)37-29-21-32(34)42-30(29)22-38)36-33(25-12-5-2-6-13-25,26-14-7-3-8-15-26)27-16-9-4-10-17-27/h2-10,12-17,24,28-32,36,38H,11,19-23H2,1H3,(H,37,44)/t24-,28+,29+,30+,31+,32+,43?/m0/s1. The van der Waals surface area contributed by atoms with Crippen molar-refractivity contribution in [2.45, 2.75) is 68.1 Å². The largest absolute Gasteiger partial charge is 0.394 e. The first kappa shape index (κ1) is 33.0. The summed E-state index contributed by atoms with van der Waals surface area (Å²) in [5.74, 6) is 0. The average molecular weight is 632 g/mol. The van der Waals surface area contributed by atoms with Crippen LogP contribution in [0.3, 0.4) is 0 Å². The van der Waals surface area contributed by atoms with Crippen LogP contribution in [0, 0.1) is 11.3 Å². The highest BCUT2D eigenvalue weighted by molar-refractivity contribution is 8.09. The quantitative estimate of drug-likeness (QED) is 0.103. The van der Waals surface area contributed by atoms with E-state index in [2.05, 4.69) is 96.2 Å². The van der Waals surface area contributed by atoms with Gasteiger partial charge in [-0.25, -0.2) is 5.09 Å². The Morgan fingerprint density at radius 1 is 0.909 bits per heavy atom. The van der Waals surface area contributed by atoms with E-state index in [-0.39, 0.29) is 50.5 Å². The molecule has 44 heavy (non-hydrogen) atoms. The van der Waals surface area contributed by atoms with Crippen molar-refractivity contribution < 1.29 is 23.6 Å². The second-order valence-corrected chi connectivity index (χ2v) is 14.4. The lowest BCUT2D eigenvalue weighted by Gasteiger charge is -2.40. The molecule has 2 saturated heterocycles. The number of nitrogens with zero attached hydrogens (tertiary/aromatic N) is 1. The maximum Gasteiger partial charge on any atom is 0.261 e. The van der Waals surface area contributed by atoms with E-state index in [1.165, 1.54) is 0 Å². The molecule has 0 spiro atoms. The van der Waals surface area contributed by atoms with Gasteiger partial charge >= 0.3 is 0 Å². The summed E-state index contributed by atoms with van der Waals surface area (Å²) >= 11 is 5.93. The van der Waals surface area contributed by atoms with E-state index >= 15 is 0 Å². The predicted molar refractivity (Wildman–Crippen MR) is 175 cm³/mol. The van der Waals surface area contributed by atoms with Gasteiger partial charge in [0.15, 0.2) is 0 Å². The van der Waals surface area contributed by atoms with E-state index in [4.69, 9.17) is 43.4 Å². The van der Waals surface area contributed by atoms with Gasteiger partial charge < -0.3 is 23.6 Å². The van der Waals surface area contributed by atoms with Crippen LogP contribution in [-0.4, -0.2) is 69.2 Å². The zero-order valence-electron chi connectivity index (χ0n) is 24.8. The molecule has 1 unspecified atom stereocenters. The van der Waals surface area contributed by atoms with Crippen LogP contribution >= 0.6 is 6.64 Å². The van der Waals surface area contributed by atoms with Crippen molar-refractivity contribution >= 4 is 26.3 Å². The van der Waals surface area contributed by atoms with Crippen LogP contribution in [0.4, 0.5) is 0 Å². The molecule has 2 heterocycles. The highest BCUT2D eigenvalue weighted by Gasteiger charge is 2.44. The fourth-order valence-corrected chi connectivity index (χ4v) is 8.53. The summed E-state index contributed by atoms with van der Waals surface area (Å²) in [5, 5.41) is 26.3. The fourth-order valence-electron chi connectivity index (χ4n) is 6.14. The molecule has 3 aromatic rings. The number of hydrogen-bond donors (Lipinski definition) is 3. The zero-order valence-corrected chi connectivity index (χ0v) is 26.5. The Morgan fingerprint density at radius 3 is 2.00 bits per heavy atom. The molecule has 230 valence electrons. The number of nitrogens with one attached hydrogen (secondary N) is 2. The summed E-state index contributed by atoms with van der Waals surface area (Å²) in [4.78, 5) is 0. The van der Waals surface area contributed by atoms with Gasteiger partial charge in [0.05, 0.1) is 56.2 Å². The molecular formula is C33H39BN3O5PS. The maximum atomic E-state index is 9.83. The van der Waals surface area contributed by atoms with Crippen molar-refractivity contribution in [1.82, 2.24) is 10.4 Å². The Labute approximate surface area is 266 Å². The van der Waals surface area contributed by atoms with Crippen molar-refractivity contribution in [3.63, 3.8) is 0 Å². The predicted octanol–water partition coefficient (Wildman–Crippen LogP) is 4.52. The number of hydrogen-bond acceptors (Lipinski definition) is 8. The third-order valence-electron chi connectivity index (χ3n) is 8.14. The number of aliphatic hydroxyl groups is 1. The molecule has 0 aliphatic carbocycles. The number of nitriles is 1. The van der Waals surface area contributed by atoms with Gasteiger partial charge in [0, 0.05) is 18.1 Å². The third-order valence-corrected chi connectivity index (χ3v) is 10.7. The smallest absolute Gasteiger partial charge is 0.261 e. The van der Waals surface area contributed by atoms with Gasteiger partial charge in [-0.2, -0.15) is 5.26 Å². The van der Waals surface area contributed by atoms with Gasteiger partial charge in [0.1, 0.15) is 7.85 Å².